The average Bonchev–Trinajstić information content (AvgIpc) is 2.81. The summed E-state index contributed by atoms with van der Waals surface area (Å²) in [5.74, 6) is -0.256. The summed E-state index contributed by atoms with van der Waals surface area (Å²) in [5.41, 5.74) is 3.37. The number of pyridine rings is 1. The van der Waals surface area contributed by atoms with Gasteiger partial charge >= 0.3 is 0 Å². The first-order valence-corrected chi connectivity index (χ1v) is 10.3. The van der Waals surface area contributed by atoms with E-state index < -0.39 is 0 Å². The molecule has 3 aromatic rings. The second-order valence-corrected chi connectivity index (χ2v) is 7.38. The smallest absolute Gasteiger partial charge is 0.275 e. The molecule has 2 aromatic heterocycles. The third-order valence-electron chi connectivity index (χ3n) is 5.32. The summed E-state index contributed by atoms with van der Waals surface area (Å²) < 4.78 is 0. The van der Waals surface area contributed by atoms with E-state index in [-0.39, 0.29) is 5.91 Å². The number of anilines is 2. The monoisotopic (exact) mass is 402 g/mol. The lowest BCUT2D eigenvalue weighted by atomic mass is 10.0. The number of carbonyl (C=O) groups is 1. The molecule has 0 unspecified atom stereocenters. The summed E-state index contributed by atoms with van der Waals surface area (Å²) in [5, 5.41) is 6.52. The van der Waals surface area contributed by atoms with E-state index >= 15 is 0 Å². The van der Waals surface area contributed by atoms with Gasteiger partial charge in [-0.2, -0.15) is 0 Å². The molecule has 1 aliphatic rings. The minimum absolute atomic E-state index is 0.256. The first kappa shape index (κ1) is 20.0. The molecule has 0 radical (unpaired) electrons. The van der Waals surface area contributed by atoms with Crippen LogP contribution >= 0.6 is 0 Å². The van der Waals surface area contributed by atoms with Crippen LogP contribution in [0, 0.1) is 0 Å². The minimum Gasteiger partial charge on any atom is -0.371 e. The van der Waals surface area contributed by atoms with E-state index in [1.54, 1.807) is 6.20 Å². The third kappa shape index (κ3) is 5.39. The van der Waals surface area contributed by atoms with Gasteiger partial charge in [0.2, 0.25) is 0 Å². The molecule has 7 heteroatoms. The summed E-state index contributed by atoms with van der Waals surface area (Å²) in [4.78, 5) is 26.9. The van der Waals surface area contributed by atoms with E-state index in [0.717, 1.165) is 50.3 Å². The van der Waals surface area contributed by atoms with Gasteiger partial charge in [-0.15, -0.1) is 0 Å². The van der Waals surface area contributed by atoms with Gasteiger partial charge < -0.3 is 15.5 Å². The fourth-order valence-electron chi connectivity index (χ4n) is 3.66. The van der Waals surface area contributed by atoms with Crippen molar-refractivity contribution in [2.24, 2.45) is 0 Å². The Hall–Kier alpha value is -3.32. The van der Waals surface area contributed by atoms with Crippen molar-refractivity contribution in [3.05, 3.63) is 78.6 Å². The van der Waals surface area contributed by atoms with Gasteiger partial charge in [0.1, 0.15) is 5.69 Å². The van der Waals surface area contributed by atoms with E-state index in [1.165, 1.54) is 18.1 Å². The van der Waals surface area contributed by atoms with Crippen molar-refractivity contribution in [3.8, 4) is 0 Å². The quantitative estimate of drug-likeness (QED) is 0.632. The molecule has 3 heterocycles. The van der Waals surface area contributed by atoms with Crippen LogP contribution in [0.5, 0.6) is 0 Å². The van der Waals surface area contributed by atoms with Crippen molar-refractivity contribution in [1.29, 1.82) is 0 Å². The fourth-order valence-corrected chi connectivity index (χ4v) is 3.66. The standard InChI is InChI=1S/C23H26N6O/c30-23(22-17-24-13-14-27-22)28-20-4-6-21(7-5-20)29-15-9-19(10-16-29)26-12-8-18-3-1-2-11-25-18/h1-7,11,13-14,17,19,26H,8-10,12,15-16H2,(H,28,30). The molecule has 0 spiro atoms. The Kier molecular flexibility index (Phi) is 6.61. The van der Waals surface area contributed by atoms with Gasteiger partial charge in [0, 0.05) is 67.8 Å². The van der Waals surface area contributed by atoms with Crippen molar-refractivity contribution in [1.82, 2.24) is 20.3 Å². The summed E-state index contributed by atoms with van der Waals surface area (Å²) in [7, 11) is 0. The van der Waals surface area contributed by atoms with Crippen LogP contribution < -0.4 is 15.5 Å². The van der Waals surface area contributed by atoms with E-state index in [9.17, 15) is 4.79 Å². The minimum atomic E-state index is -0.256. The van der Waals surface area contributed by atoms with Crippen molar-refractivity contribution in [2.75, 3.05) is 29.9 Å². The molecule has 0 saturated carbocycles. The molecule has 0 atom stereocenters. The molecule has 4 rings (SSSR count). The van der Waals surface area contributed by atoms with Crippen LogP contribution in [0.4, 0.5) is 11.4 Å². The first-order valence-electron chi connectivity index (χ1n) is 10.3. The zero-order valence-electron chi connectivity index (χ0n) is 16.9. The number of hydrogen-bond donors (Lipinski definition) is 2. The van der Waals surface area contributed by atoms with E-state index in [0.29, 0.717) is 11.7 Å². The number of hydrogen-bond acceptors (Lipinski definition) is 6. The molecule has 1 aliphatic heterocycles. The predicted molar refractivity (Wildman–Crippen MR) is 118 cm³/mol. The molecule has 30 heavy (non-hydrogen) atoms. The van der Waals surface area contributed by atoms with Crippen molar-refractivity contribution < 1.29 is 4.79 Å². The van der Waals surface area contributed by atoms with Crippen LogP contribution in [-0.2, 0) is 6.42 Å². The van der Waals surface area contributed by atoms with Gasteiger partial charge in [0.05, 0.1) is 6.20 Å². The first-order chi connectivity index (χ1) is 14.8. The molecule has 7 nitrogen and oxygen atoms in total. The molecular formula is C23H26N6O. The van der Waals surface area contributed by atoms with E-state index in [1.807, 2.05) is 30.5 Å². The lowest BCUT2D eigenvalue weighted by Crippen LogP contribution is -2.43. The highest BCUT2D eigenvalue weighted by Crippen LogP contribution is 2.22. The number of amides is 1. The van der Waals surface area contributed by atoms with Gasteiger partial charge in [-0.3, -0.25) is 14.8 Å². The average molecular weight is 403 g/mol. The molecular weight excluding hydrogens is 376 g/mol. The van der Waals surface area contributed by atoms with E-state index in [2.05, 4.69) is 48.7 Å². The lowest BCUT2D eigenvalue weighted by molar-refractivity contribution is 0.102. The highest BCUT2D eigenvalue weighted by Gasteiger charge is 2.19. The zero-order chi connectivity index (χ0) is 20.6. The molecule has 154 valence electrons. The fraction of sp³-hybridized carbons (Fsp3) is 0.304. The second kappa shape index (κ2) is 9.93. The van der Waals surface area contributed by atoms with Gasteiger partial charge in [0.25, 0.3) is 5.91 Å². The van der Waals surface area contributed by atoms with Crippen LogP contribution in [-0.4, -0.2) is 46.5 Å². The summed E-state index contributed by atoms with van der Waals surface area (Å²) in [6.07, 6.45) is 9.56. The Balaban J connectivity index is 1.22. The van der Waals surface area contributed by atoms with Gasteiger partial charge in [-0.1, -0.05) is 6.07 Å². The summed E-state index contributed by atoms with van der Waals surface area (Å²) >= 11 is 0. The Morgan fingerprint density at radius 3 is 2.53 bits per heavy atom. The number of benzene rings is 1. The maximum atomic E-state index is 12.2. The number of nitrogens with zero attached hydrogens (tertiary/aromatic N) is 4. The Bertz CT molecular complexity index is 925. The number of aromatic nitrogens is 3. The molecule has 0 aliphatic carbocycles. The molecule has 1 saturated heterocycles. The molecule has 0 bridgehead atoms. The van der Waals surface area contributed by atoms with Crippen LogP contribution in [0.25, 0.3) is 0 Å². The SMILES string of the molecule is O=C(Nc1ccc(N2CCC(NCCc3ccccn3)CC2)cc1)c1cnccn1. The maximum absolute atomic E-state index is 12.2. The Morgan fingerprint density at radius 1 is 1.00 bits per heavy atom. The maximum Gasteiger partial charge on any atom is 0.275 e. The topological polar surface area (TPSA) is 83.0 Å². The van der Waals surface area contributed by atoms with Crippen LogP contribution in [0.1, 0.15) is 29.0 Å². The van der Waals surface area contributed by atoms with Gasteiger partial charge in [-0.25, -0.2) is 4.98 Å². The highest BCUT2D eigenvalue weighted by atomic mass is 16.1. The summed E-state index contributed by atoms with van der Waals surface area (Å²) in [6, 6.07) is 14.6. The van der Waals surface area contributed by atoms with Crippen molar-refractivity contribution in [2.45, 2.75) is 25.3 Å². The Morgan fingerprint density at radius 2 is 1.83 bits per heavy atom. The third-order valence-corrected chi connectivity index (χ3v) is 5.32. The lowest BCUT2D eigenvalue weighted by Gasteiger charge is -2.34. The molecule has 2 N–H and O–H groups in total. The Labute approximate surface area is 176 Å². The molecule has 1 fully saturated rings. The highest BCUT2D eigenvalue weighted by molar-refractivity contribution is 6.02. The molecule has 1 amide bonds. The summed E-state index contributed by atoms with van der Waals surface area (Å²) in [6.45, 7) is 3.00. The van der Waals surface area contributed by atoms with Gasteiger partial charge in [0.15, 0.2) is 0 Å². The number of rotatable bonds is 7. The van der Waals surface area contributed by atoms with Gasteiger partial charge in [-0.05, 0) is 49.2 Å². The normalized spacial score (nSPS) is 14.5. The zero-order valence-corrected chi connectivity index (χ0v) is 16.9. The largest absolute Gasteiger partial charge is 0.371 e. The van der Waals surface area contributed by atoms with E-state index in [4.69, 9.17) is 0 Å². The second-order valence-electron chi connectivity index (χ2n) is 7.38. The van der Waals surface area contributed by atoms with Crippen LogP contribution in [0.2, 0.25) is 0 Å². The van der Waals surface area contributed by atoms with Crippen LogP contribution in [0.3, 0.4) is 0 Å². The number of nitrogens with one attached hydrogen (secondary N) is 2. The van der Waals surface area contributed by atoms with Crippen LogP contribution in [0.15, 0.2) is 67.3 Å². The predicted octanol–water partition coefficient (Wildman–Crippen LogP) is 2.93. The number of piperidine rings is 1. The number of carbonyl (C=O) groups excluding carboxylic acids is 1. The van der Waals surface area contributed by atoms with Crippen molar-refractivity contribution >= 4 is 17.3 Å². The van der Waals surface area contributed by atoms with Crippen molar-refractivity contribution in [3.63, 3.8) is 0 Å². The molecule has 1 aromatic carbocycles.